The Bertz CT molecular complexity index is 50.8. The monoisotopic (exact) mass is 172 g/mol. The second-order valence-corrected chi connectivity index (χ2v) is 3.85. The average Bonchev–Trinajstić information content (AvgIpc) is 2.24. The van der Waals surface area contributed by atoms with E-state index in [1.165, 1.54) is 64.7 Å². The molecular formula is C10H24N2+2. The molecule has 0 aromatic rings. The van der Waals surface area contributed by atoms with E-state index in [-0.39, 0.29) is 0 Å². The van der Waals surface area contributed by atoms with E-state index in [9.17, 15) is 0 Å². The van der Waals surface area contributed by atoms with Crippen LogP contribution in [0.3, 0.4) is 0 Å². The van der Waals surface area contributed by atoms with Crippen LogP contribution in [0.5, 0.6) is 0 Å². The Hall–Kier alpha value is -0.0800. The van der Waals surface area contributed by atoms with Gasteiger partial charge >= 0.3 is 0 Å². The number of quaternary nitrogens is 2. The van der Waals surface area contributed by atoms with Crippen molar-refractivity contribution in [3.63, 3.8) is 0 Å². The number of rotatable bonds is 0. The van der Waals surface area contributed by atoms with Gasteiger partial charge in [0.2, 0.25) is 0 Å². The third-order valence-corrected chi connectivity index (χ3v) is 2.63. The Balaban J connectivity index is 0.000000120. The van der Waals surface area contributed by atoms with E-state index in [0.29, 0.717) is 0 Å². The van der Waals surface area contributed by atoms with Crippen LogP contribution in [0.15, 0.2) is 0 Å². The van der Waals surface area contributed by atoms with E-state index in [1.807, 2.05) is 0 Å². The lowest BCUT2D eigenvalue weighted by Gasteiger charge is -2.05. The molecule has 2 aliphatic rings. The van der Waals surface area contributed by atoms with Gasteiger partial charge in [0.05, 0.1) is 26.2 Å². The van der Waals surface area contributed by atoms with Gasteiger partial charge in [-0.15, -0.1) is 0 Å². The quantitative estimate of drug-likeness (QED) is 0.492. The molecule has 12 heavy (non-hydrogen) atoms. The van der Waals surface area contributed by atoms with Gasteiger partial charge in [-0.3, -0.25) is 0 Å². The molecule has 0 bridgehead atoms. The summed E-state index contributed by atoms with van der Waals surface area (Å²) >= 11 is 0. The van der Waals surface area contributed by atoms with Gasteiger partial charge < -0.3 is 10.6 Å². The Morgan fingerprint density at radius 1 is 0.417 bits per heavy atom. The van der Waals surface area contributed by atoms with E-state index in [2.05, 4.69) is 10.6 Å². The first-order chi connectivity index (χ1) is 6.00. The Kier molecular flexibility index (Phi) is 6.30. The standard InChI is InChI=1S/2C5H11N/c2*1-2-4-6-5-3-1/h2*6H,1-5H2/p+2. The first-order valence-electron chi connectivity index (χ1n) is 5.63. The zero-order valence-corrected chi connectivity index (χ0v) is 8.23. The third-order valence-electron chi connectivity index (χ3n) is 2.63. The van der Waals surface area contributed by atoms with Crippen LogP contribution in [0, 0.1) is 0 Å². The topological polar surface area (TPSA) is 33.2 Å². The molecule has 72 valence electrons. The summed E-state index contributed by atoms with van der Waals surface area (Å²) in [6.45, 7) is 5.50. The van der Waals surface area contributed by atoms with Crippen molar-refractivity contribution in [3.05, 3.63) is 0 Å². The molecule has 0 radical (unpaired) electrons. The molecule has 2 nitrogen and oxygen atoms in total. The highest BCUT2D eigenvalue weighted by Gasteiger charge is 1.98. The molecule has 0 atom stereocenters. The fourth-order valence-corrected chi connectivity index (χ4v) is 1.80. The first-order valence-corrected chi connectivity index (χ1v) is 5.63. The second kappa shape index (κ2) is 7.56. The van der Waals surface area contributed by atoms with Crippen molar-refractivity contribution >= 4 is 0 Å². The minimum Gasteiger partial charge on any atom is -0.346 e. The van der Waals surface area contributed by atoms with Crippen LogP contribution in [-0.2, 0) is 0 Å². The van der Waals surface area contributed by atoms with Crippen molar-refractivity contribution in [3.8, 4) is 0 Å². The molecule has 0 aliphatic carbocycles. The SMILES string of the molecule is C1CC[NH2+]CC1.C1CC[NH2+]CC1. The summed E-state index contributed by atoms with van der Waals surface area (Å²) in [6, 6.07) is 0. The summed E-state index contributed by atoms with van der Waals surface area (Å²) in [4.78, 5) is 0. The maximum absolute atomic E-state index is 2.39. The fraction of sp³-hybridized carbons (Fsp3) is 1.00. The molecule has 0 aromatic carbocycles. The predicted octanol–water partition coefficient (Wildman–Crippen LogP) is -0.533. The molecule has 2 saturated heterocycles. The van der Waals surface area contributed by atoms with Gasteiger partial charge in [-0.05, 0) is 38.5 Å². The third kappa shape index (κ3) is 5.56. The zero-order valence-electron chi connectivity index (χ0n) is 8.23. The van der Waals surface area contributed by atoms with E-state index in [4.69, 9.17) is 0 Å². The molecule has 2 heterocycles. The van der Waals surface area contributed by atoms with E-state index in [0.717, 1.165) is 0 Å². The summed E-state index contributed by atoms with van der Waals surface area (Å²) < 4.78 is 0. The van der Waals surface area contributed by atoms with Crippen molar-refractivity contribution in [2.24, 2.45) is 0 Å². The molecule has 2 heteroatoms. The van der Waals surface area contributed by atoms with Crippen molar-refractivity contribution < 1.29 is 10.6 Å². The molecule has 2 rings (SSSR count). The zero-order chi connectivity index (χ0) is 8.49. The second-order valence-electron chi connectivity index (χ2n) is 3.85. The van der Waals surface area contributed by atoms with Crippen LogP contribution >= 0.6 is 0 Å². The molecule has 0 spiro atoms. The number of piperidine rings is 2. The lowest BCUT2D eigenvalue weighted by atomic mass is 10.2. The lowest BCUT2D eigenvalue weighted by molar-refractivity contribution is -0.662. The minimum atomic E-state index is 1.38. The highest BCUT2D eigenvalue weighted by Crippen LogP contribution is 1.91. The van der Waals surface area contributed by atoms with Gasteiger partial charge in [0.1, 0.15) is 0 Å². The van der Waals surface area contributed by atoms with Crippen LogP contribution in [0.25, 0.3) is 0 Å². The summed E-state index contributed by atoms with van der Waals surface area (Å²) in [5.41, 5.74) is 0. The van der Waals surface area contributed by atoms with Gasteiger partial charge in [0, 0.05) is 0 Å². The van der Waals surface area contributed by atoms with Crippen LogP contribution in [-0.4, -0.2) is 26.2 Å². The number of hydrogen-bond donors (Lipinski definition) is 2. The molecule has 0 amide bonds. The van der Waals surface area contributed by atoms with Gasteiger partial charge in [-0.2, -0.15) is 0 Å². The predicted molar refractivity (Wildman–Crippen MR) is 51.0 cm³/mol. The summed E-state index contributed by atoms with van der Waals surface area (Å²) in [5, 5.41) is 4.78. The number of nitrogens with two attached hydrogens (primary N) is 2. The summed E-state index contributed by atoms with van der Waals surface area (Å²) in [6.07, 6.45) is 8.72. The minimum absolute atomic E-state index is 1.38. The summed E-state index contributed by atoms with van der Waals surface area (Å²) in [7, 11) is 0. The maximum Gasteiger partial charge on any atom is 0.0755 e. The normalized spacial score (nSPS) is 24.0. The van der Waals surface area contributed by atoms with Crippen LogP contribution < -0.4 is 10.6 Å². The fourth-order valence-electron chi connectivity index (χ4n) is 1.80. The Morgan fingerprint density at radius 3 is 0.833 bits per heavy atom. The molecule has 0 saturated carbocycles. The van der Waals surface area contributed by atoms with E-state index >= 15 is 0 Å². The van der Waals surface area contributed by atoms with Crippen molar-refractivity contribution in [2.45, 2.75) is 38.5 Å². The maximum atomic E-state index is 2.39. The molecule has 2 aliphatic heterocycles. The molecular weight excluding hydrogens is 148 g/mol. The van der Waals surface area contributed by atoms with E-state index < -0.39 is 0 Å². The molecule has 0 unspecified atom stereocenters. The van der Waals surface area contributed by atoms with Crippen LogP contribution in [0.2, 0.25) is 0 Å². The van der Waals surface area contributed by atoms with Crippen molar-refractivity contribution in [2.75, 3.05) is 26.2 Å². The highest BCUT2D eigenvalue weighted by atomic mass is 14.9. The highest BCUT2D eigenvalue weighted by molar-refractivity contribution is 4.41. The van der Waals surface area contributed by atoms with Gasteiger partial charge in [-0.25, -0.2) is 0 Å². The lowest BCUT2D eigenvalue weighted by Crippen LogP contribution is -2.85. The van der Waals surface area contributed by atoms with Crippen LogP contribution in [0.1, 0.15) is 38.5 Å². The van der Waals surface area contributed by atoms with Gasteiger partial charge in [0.25, 0.3) is 0 Å². The Morgan fingerprint density at radius 2 is 0.750 bits per heavy atom. The Labute approximate surface area is 76.1 Å². The largest absolute Gasteiger partial charge is 0.346 e. The average molecular weight is 172 g/mol. The summed E-state index contributed by atoms with van der Waals surface area (Å²) in [5.74, 6) is 0. The molecule has 4 N–H and O–H groups in total. The molecule has 2 fully saturated rings. The van der Waals surface area contributed by atoms with Gasteiger partial charge in [0.15, 0.2) is 0 Å². The molecule has 0 aromatic heterocycles. The van der Waals surface area contributed by atoms with Crippen LogP contribution in [0.4, 0.5) is 0 Å². The number of hydrogen-bond acceptors (Lipinski definition) is 0. The van der Waals surface area contributed by atoms with Crippen molar-refractivity contribution in [1.82, 2.24) is 0 Å². The van der Waals surface area contributed by atoms with E-state index in [1.54, 1.807) is 0 Å². The smallest absolute Gasteiger partial charge is 0.0755 e. The van der Waals surface area contributed by atoms with Gasteiger partial charge in [-0.1, -0.05) is 0 Å². The van der Waals surface area contributed by atoms with Crippen molar-refractivity contribution in [1.29, 1.82) is 0 Å². The first kappa shape index (κ1) is 10.0.